The minimum Gasteiger partial charge on any atom is -0.461 e. The third kappa shape index (κ3) is 4.53. The van der Waals surface area contributed by atoms with Crippen molar-refractivity contribution in [2.75, 3.05) is 24.6 Å². The number of anilines is 1. The number of benzene rings is 1. The second-order valence-electron chi connectivity index (χ2n) is 8.65. The number of amides is 2. The highest BCUT2D eigenvalue weighted by atomic mass is 16.5. The van der Waals surface area contributed by atoms with Crippen molar-refractivity contribution in [3.8, 4) is 0 Å². The fourth-order valence-electron chi connectivity index (χ4n) is 4.71. The number of carbonyl (C=O) groups excluding carboxylic acids is 3. The van der Waals surface area contributed by atoms with E-state index in [1.807, 2.05) is 24.3 Å². The number of ether oxygens (including phenoxy) is 1. The molecule has 3 aromatic rings. The average molecular weight is 474 g/mol. The lowest BCUT2D eigenvalue weighted by atomic mass is 10.0. The lowest BCUT2D eigenvalue weighted by molar-refractivity contribution is -0.117. The van der Waals surface area contributed by atoms with Crippen molar-refractivity contribution in [2.45, 2.75) is 39.3 Å². The van der Waals surface area contributed by atoms with Gasteiger partial charge in [0.2, 0.25) is 5.91 Å². The van der Waals surface area contributed by atoms with Crippen molar-refractivity contribution in [2.24, 2.45) is 0 Å². The first kappa shape index (κ1) is 22.8. The molecule has 1 saturated heterocycles. The van der Waals surface area contributed by atoms with E-state index in [-0.39, 0.29) is 30.7 Å². The first-order valence-corrected chi connectivity index (χ1v) is 11.9. The molecule has 4 heterocycles. The molecule has 1 fully saturated rings. The lowest BCUT2D eigenvalue weighted by Crippen LogP contribution is -2.37. The van der Waals surface area contributed by atoms with Crippen LogP contribution < -0.4 is 4.90 Å². The zero-order chi connectivity index (χ0) is 24.4. The van der Waals surface area contributed by atoms with Crippen LogP contribution in [0.4, 0.5) is 5.69 Å². The van der Waals surface area contributed by atoms with E-state index in [4.69, 9.17) is 4.74 Å². The SMILES string of the molecule is CCOC(=O)c1nn(Cc2ccccn2)c2c1CN(C(=O)c1cccc(N3CCCC3=O)c1)CC2. The molecule has 0 aliphatic carbocycles. The van der Waals surface area contributed by atoms with Gasteiger partial charge in [0.25, 0.3) is 5.91 Å². The highest BCUT2D eigenvalue weighted by Gasteiger charge is 2.31. The third-order valence-corrected chi connectivity index (χ3v) is 6.41. The van der Waals surface area contributed by atoms with Gasteiger partial charge in [0.15, 0.2) is 5.69 Å². The molecule has 180 valence electrons. The summed E-state index contributed by atoms with van der Waals surface area (Å²) in [7, 11) is 0. The van der Waals surface area contributed by atoms with Crippen LogP contribution in [0.1, 0.15) is 57.6 Å². The molecule has 9 nitrogen and oxygen atoms in total. The van der Waals surface area contributed by atoms with Crippen molar-refractivity contribution < 1.29 is 19.1 Å². The van der Waals surface area contributed by atoms with Gasteiger partial charge in [0.1, 0.15) is 0 Å². The van der Waals surface area contributed by atoms with E-state index in [2.05, 4.69) is 10.1 Å². The summed E-state index contributed by atoms with van der Waals surface area (Å²) in [5.74, 6) is -0.555. The Labute approximate surface area is 203 Å². The molecule has 1 aromatic carbocycles. The Morgan fingerprint density at radius 1 is 1.09 bits per heavy atom. The van der Waals surface area contributed by atoms with Crippen LogP contribution in [0.5, 0.6) is 0 Å². The summed E-state index contributed by atoms with van der Waals surface area (Å²) in [5, 5.41) is 4.57. The first-order chi connectivity index (χ1) is 17.0. The second-order valence-corrected chi connectivity index (χ2v) is 8.65. The summed E-state index contributed by atoms with van der Waals surface area (Å²) in [6, 6.07) is 12.9. The van der Waals surface area contributed by atoms with Gasteiger partial charge in [-0.1, -0.05) is 12.1 Å². The van der Waals surface area contributed by atoms with E-state index in [0.717, 1.165) is 23.5 Å². The minimum atomic E-state index is -0.493. The number of rotatable bonds is 6. The lowest BCUT2D eigenvalue weighted by Gasteiger charge is -2.28. The van der Waals surface area contributed by atoms with Gasteiger partial charge < -0.3 is 14.5 Å². The topological polar surface area (TPSA) is 97.6 Å². The fourth-order valence-corrected chi connectivity index (χ4v) is 4.71. The van der Waals surface area contributed by atoms with Crippen LogP contribution in [-0.2, 0) is 29.0 Å². The second kappa shape index (κ2) is 9.69. The van der Waals surface area contributed by atoms with E-state index >= 15 is 0 Å². The molecule has 0 radical (unpaired) electrons. The standard InChI is InChI=1S/C26H27N5O4/c1-2-35-26(34)24-21-17-29(14-11-22(21)31(28-24)16-19-8-3-4-12-27-19)25(33)18-7-5-9-20(15-18)30-13-6-10-23(30)32/h3-5,7-9,12,15H,2,6,10-11,13-14,16-17H2,1H3. The predicted molar refractivity (Wildman–Crippen MR) is 128 cm³/mol. The molecule has 0 bridgehead atoms. The van der Waals surface area contributed by atoms with Crippen LogP contribution in [0.15, 0.2) is 48.7 Å². The number of hydrogen-bond donors (Lipinski definition) is 0. The quantitative estimate of drug-likeness (QED) is 0.511. The monoisotopic (exact) mass is 473 g/mol. The molecule has 0 N–H and O–H groups in total. The first-order valence-electron chi connectivity index (χ1n) is 11.9. The van der Waals surface area contributed by atoms with Crippen molar-refractivity contribution in [1.29, 1.82) is 0 Å². The maximum atomic E-state index is 13.4. The van der Waals surface area contributed by atoms with Gasteiger partial charge >= 0.3 is 5.97 Å². The molecule has 0 unspecified atom stereocenters. The maximum absolute atomic E-state index is 13.4. The van der Waals surface area contributed by atoms with E-state index in [0.29, 0.717) is 43.6 Å². The van der Waals surface area contributed by atoms with E-state index in [1.54, 1.807) is 45.8 Å². The number of esters is 1. The zero-order valence-corrected chi connectivity index (χ0v) is 19.6. The smallest absolute Gasteiger partial charge is 0.359 e. The molecule has 35 heavy (non-hydrogen) atoms. The molecular formula is C26H27N5O4. The van der Waals surface area contributed by atoms with Crippen LogP contribution in [0.25, 0.3) is 0 Å². The molecule has 0 atom stereocenters. The zero-order valence-electron chi connectivity index (χ0n) is 19.6. The highest BCUT2D eigenvalue weighted by Crippen LogP contribution is 2.27. The average Bonchev–Trinajstić information content (AvgIpc) is 3.47. The van der Waals surface area contributed by atoms with Gasteiger partial charge in [0, 0.05) is 54.6 Å². The van der Waals surface area contributed by atoms with Crippen LogP contribution in [0, 0.1) is 0 Å². The van der Waals surface area contributed by atoms with Crippen molar-refractivity contribution in [3.63, 3.8) is 0 Å². The van der Waals surface area contributed by atoms with Gasteiger partial charge in [0.05, 0.1) is 25.4 Å². The molecule has 5 rings (SSSR count). The number of hydrogen-bond acceptors (Lipinski definition) is 6. The van der Waals surface area contributed by atoms with Crippen molar-refractivity contribution >= 4 is 23.5 Å². The Morgan fingerprint density at radius 2 is 1.97 bits per heavy atom. The third-order valence-electron chi connectivity index (χ3n) is 6.41. The Bertz CT molecular complexity index is 1270. The van der Waals surface area contributed by atoms with Gasteiger partial charge in [-0.15, -0.1) is 0 Å². The Hall–Kier alpha value is -4.01. The number of aromatic nitrogens is 3. The highest BCUT2D eigenvalue weighted by molar-refractivity contribution is 5.99. The minimum absolute atomic E-state index is 0.0802. The van der Waals surface area contributed by atoms with E-state index < -0.39 is 5.97 Å². The number of pyridine rings is 1. The summed E-state index contributed by atoms with van der Waals surface area (Å²) in [6.45, 7) is 3.85. The molecule has 0 saturated carbocycles. The Balaban J connectivity index is 1.42. The van der Waals surface area contributed by atoms with E-state index in [1.165, 1.54) is 0 Å². The van der Waals surface area contributed by atoms with E-state index in [9.17, 15) is 14.4 Å². The molecule has 2 aliphatic rings. The summed E-state index contributed by atoms with van der Waals surface area (Å²) >= 11 is 0. The van der Waals surface area contributed by atoms with Crippen LogP contribution in [-0.4, -0.2) is 57.1 Å². The number of carbonyl (C=O) groups is 3. The van der Waals surface area contributed by atoms with Gasteiger partial charge in [-0.05, 0) is 43.7 Å². The molecule has 9 heteroatoms. The molecule has 2 aliphatic heterocycles. The molecule has 2 aromatic heterocycles. The Morgan fingerprint density at radius 3 is 2.71 bits per heavy atom. The van der Waals surface area contributed by atoms with Gasteiger partial charge in [-0.2, -0.15) is 5.10 Å². The number of nitrogens with zero attached hydrogens (tertiary/aromatic N) is 5. The fraction of sp³-hybridized carbons (Fsp3) is 0.346. The van der Waals surface area contributed by atoms with Crippen molar-refractivity contribution in [1.82, 2.24) is 19.7 Å². The molecule has 0 spiro atoms. The summed E-state index contributed by atoms with van der Waals surface area (Å²) in [5.41, 5.74) is 3.96. The summed E-state index contributed by atoms with van der Waals surface area (Å²) in [6.07, 6.45) is 3.64. The van der Waals surface area contributed by atoms with Crippen molar-refractivity contribution in [3.05, 3.63) is 76.9 Å². The van der Waals surface area contributed by atoms with Crippen LogP contribution >= 0.6 is 0 Å². The number of fused-ring (bicyclic) bond motifs is 1. The normalized spacial score (nSPS) is 15.3. The Kier molecular flexibility index (Phi) is 6.31. The summed E-state index contributed by atoms with van der Waals surface area (Å²) < 4.78 is 7.05. The maximum Gasteiger partial charge on any atom is 0.359 e. The van der Waals surface area contributed by atoms with Crippen LogP contribution in [0.2, 0.25) is 0 Å². The van der Waals surface area contributed by atoms with Crippen LogP contribution in [0.3, 0.4) is 0 Å². The van der Waals surface area contributed by atoms with Gasteiger partial charge in [-0.25, -0.2) is 4.79 Å². The van der Waals surface area contributed by atoms with Gasteiger partial charge in [-0.3, -0.25) is 19.3 Å². The molecular weight excluding hydrogens is 446 g/mol. The largest absolute Gasteiger partial charge is 0.461 e. The summed E-state index contributed by atoms with van der Waals surface area (Å²) in [4.78, 5) is 46.1. The molecule has 2 amide bonds. The predicted octanol–water partition coefficient (Wildman–Crippen LogP) is 2.83.